The summed E-state index contributed by atoms with van der Waals surface area (Å²) >= 11 is 0. The van der Waals surface area contributed by atoms with Gasteiger partial charge in [-0.15, -0.1) is 0 Å². The number of nitrogens with one attached hydrogen (secondary N) is 2. The third kappa shape index (κ3) is 10.1. The monoisotopic (exact) mass is 1060 g/mol. The Labute approximate surface area is 450 Å². The first-order valence-electron chi connectivity index (χ1n) is 28.8. The first-order valence-corrected chi connectivity index (χ1v) is 28.8. The highest BCUT2D eigenvalue weighted by Gasteiger charge is 2.60. The van der Waals surface area contributed by atoms with Crippen LogP contribution in [0.25, 0.3) is 33.4 Å². The van der Waals surface area contributed by atoms with E-state index in [1.54, 1.807) is 13.4 Å². The SMILES string of the molecule is CO[C@@H](C)c1ncc(N2CCN(C3CC3)CC2)cc1-c1c2c3cc(ccc3n1CCOC1CCOCC1)-c1coc(n1)[C@@H](N1CC3(CCCO3)C1)[C@H](NC(=O)C1[C@H]3COC[C@@H]13)C(=O)N1CCC[C@H](N1)C(=O)OCC(C)(C)C2. The summed E-state index contributed by atoms with van der Waals surface area (Å²) in [6, 6.07) is 6.88. The predicted octanol–water partition coefficient (Wildman–Crippen LogP) is 5.45. The third-order valence-corrected chi connectivity index (χ3v) is 18.4. The van der Waals surface area contributed by atoms with Gasteiger partial charge in [-0.2, -0.15) is 0 Å². The molecule has 6 bridgehead atoms. The van der Waals surface area contributed by atoms with Crippen molar-refractivity contribution in [3.8, 4) is 22.5 Å². The lowest BCUT2D eigenvalue weighted by Gasteiger charge is -2.51. The van der Waals surface area contributed by atoms with Crippen molar-refractivity contribution < 1.29 is 47.2 Å². The number of hydrogen-bond donors (Lipinski definition) is 2. The molecular weight excluding hydrogens is 983 g/mol. The molecule has 6 saturated heterocycles. The van der Waals surface area contributed by atoms with Gasteiger partial charge in [0.2, 0.25) is 11.8 Å². The van der Waals surface area contributed by atoms with E-state index in [1.165, 1.54) is 17.9 Å². The highest BCUT2D eigenvalue weighted by atomic mass is 16.5. The minimum absolute atomic E-state index is 0.114. The zero-order chi connectivity index (χ0) is 52.6. The normalized spacial score (nSPS) is 29.3. The van der Waals surface area contributed by atoms with Gasteiger partial charge in [0.15, 0.2) is 0 Å². The van der Waals surface area contributed by atoms with Crippen LogP contribution in [-0.4, -0.2) is 176 Å². The van der Waals surface area contributed by atoms with Crippen LogP contribution < -0.4 is 15.6 Å². The van der Waals surface area contributed by atoms with Crippen LogP contribution in [0.4, 0.5) is 5.69 Å². The van der Waals surface area contributed by atoms with Crippen molar-refractivity contribution in [3.63, 3.8) is 0 Å². The number of benzene rings is 1. The van der Waals surface area contributed by atoms with Crippen molar-refractivity contribution in [1.29, 1.82) is 0 Å². The summed E-state index contributed by atoms with van der Waals surface area (Å²) in [4.78, 5) is 61.9. The molecule has 9 aliphatic rings. The standard InChI is InChI=1S/C58H77N9O10/c1-35(71-4)49-41(26-38(28-59-49)64-18-16-63(17-19-64)37-9-10-37)51-42-27-57(2,3)34-76-56(70)45-7-5-15-67(62-45)55(69)50(61-53(68)48-43-29-73-30-44(43)48)52(65-32-58(33-65)14-6-21-77-58)54-60-46(31-75-54)36-8-11-47(40(42)25-36)66(51)20-24-74-39-12-22-72-23-13-39/h8,11,25-26,28,31,35,37,39,43-45,48,50,52,62H,5-7,9-10,12-24,27,29-30,32-34H2,1-4H3,(H,61,68)/t35-,43-,44+,45-,48?,50-,52-/m0/s1. The Hall–Kier alpha value is -4.99. The lowest BCUT2D eigenvalue weighted by atomic mass is 9.84. The predicted molar refractivity (Wildman–Crippen MR) is 284 cm³/mol. The van der Waals surface area contributed by atoms with Crippen LogP contribution in [0.1, 0.15) is 101 Å². The molecule has 2 amide bonds. The van der Waals surface area contributed by atoms with Crippen LogP contribution in [-0.2, 0) is 55.8 Å². The molecule has 7 atom stereocenters. The third-order valence-electron chi connectivity index (χ3n) is 18.4. The maximum Gasteiger partial charge on any atom is 0.324 e. The highest BCUT2D eigenvalue weighted by Crippen LogP contribution is 2.51. The number of fused-ring (bicyclic) bond motifs is 7. The molecular formula is C58H77N9O10. The van der Waals surface area contributed by atoms with Gasteiger partial charge in [-0.3, -0.25) is 34.2 Å². The minimum Gasteiger partial charge on any atom is -0.464 e. The number of hydrogen-bond acceptors (Lipinski definition) is 16. The van der Waals surface area contributed by atoms with Gasteiger partial charge in [0.1, 0.15) is 30.1 Å². The number of rotatable bonds is 12. The number of oxazole rings is 1. The zero-order valence-electron chi connectivity index (χ0n) is 45.3. The minimum atomic E-state index is -1.10. The Morgan fingerprint density at radius 3 is 2.51 bits per heavy atom. The molecule has 2 aliphatic carbocycles. The Morgan fingerprint density at radius 1 is 0.948 bits per heavy atom. The van der Waals surface area contributed by atoms with Crippen molar-refractivity contribution in [3.05, 3.63) is 53.9 Å². The Morgan fingerprint density at radius 2 is 1.75 bits per heavy atom. The van der Waals surface area contributed by atoms with E-state index in [-0.39, 0.29) is 54.0 Å². The van der Waals surface area contributed by atoms with Gasteiger partial charge in [0.05, 0.1) is 67.5 Å². The van der Waals surface area contributed by atoms with Gasteiger partial charge in [0.25, 0.3) is 5.91 Å². The van der Waals surface area contributed by atoms with Crippen LogP contribution in [0, 0.1) is 23.2 Å². The number of aromatic nitrogens is 3. The molecule has 1 spiro atoms. The van der Waals surface area contributed by atoms with E-state index in [4.69, 9.17) is 42.8 Å². The van der Waals surface area contributed by atoms with Gasteiger partial charge in [0, 0.05) is 119 Å². The average molecular weight is 1060 g/mol. The molecule has 10 heterocycles. The number of carbonyl (C=O) groups is 3. The molecule has 2 N–H and O–H groups in total. The summed E-state index contributed by atoms with van der Waals surface area (Å²) < 4.78 is 45.9. The first kappa shape index (κ1) is 51.4. The lowest BCUT2D eigenvalue weighted by molar-refractivity contribution is -0.160. The fraction of sp³-hybridized carbons (Fsp3) is 0.672. The van der Waals surface area contributed by atoms with Crippen molar-refractivity contribution in [1.82, 2.24) is 40.1 Å². The largest absolute Gasteiger partial charge is 0.464 e. The van der Waals surface area contributed by atoms with E-state index in [0.29, 0.717) is 96.7 Å². The van der Waals surface area contributed by atoms with Crippen molar-refractivity contribution in [2.75, 3.05) is 104 Å². The maximum atomic E-state index is 15.3. The van der Waals surface area contributed by atoms with Crippen LogP contribution in [0.3, 0.4) is 0 Å². The van der Waals surface area contributed by atoms with Crippen molar-refractivity contribution >= 4 is 34.4 Å². The molecule has 19 nitrogen and oxygen atoms in total. The number of methoxy groups -OCH3 is 1. The molecule has 8 fully saturated rings. The van der Waals surface area contributed by atoms with Crippen molar-refractivity contribution in [2.45, 2.75) is 127 Å². The van der Waals surface area contributed by atoms with E-state index >= 15 is 4.79 Å². The highest BCUT2D eigenvalue weighted by molar-refractivity contribution is 5.96. The number of likely N-dealkylation sites (tertiary alicyclic amines) is 1. The van der Waals surface area contributed by atoms with Crippen LogP contribution in [0.15, 0.2) is 41.1 Å². The van der Waals surface area contributed by atoms with Crippen LogP contribution >= 0.6 is 0 Å². The Bertz CT molecular complexity index is 2830. The van der Waals surface area contributed by atoms with E-state index in [9.17, 15) is 9.59 Å². The molecule has 19 heteroatoms. The van der Waals surface area contributed by atoms with Crippen molar-refractivity contribution in [2.24, 2.45) is 23.2 Å². The lowest BCUT2D eigenvalue weighted by Crippen LogP contribution is -2.68. The molecule has 1 aromatic carbocycles. The Balaban J connectivity index is 0.947. The average Bonchev–Trinajstić information content (AvgIpc) is 4.14. The number of pyridine rings is 1. The molecule has 4 aromatic rings. The van der Waals surface area contributed by atoms with E-state index < -0.39 is 29.5 Å². The number of hydrazine groups is 1. The molecule has 77 heavy (non-hydrogen) atoms. The van der Waals surface area contributed by atoms with E-state index in [2.05, 4.69) is 75.0 Å². The van der Waals surface area contributed by atoms with Gasteiger partial charge in [-0.25, -0.2) is 10.4 Å². The second-order valence-corrected chi connectivity index (χ2v) is 24.3. The van der Waals surface area contributed by atoms with Gasteiger partial charge in [-0.05, 0) is 100 Å². The van der Waals surface area contributed by atoms with Gasteiger partial charge >= 0.3 is 5.97 Å². The van der Waals surface area contributed by atoms with E-state index in [0.717, 1.165) is 103 Å². The molecule has 3 aromatic heterocycles. The second-order valence-electron chi connectivity index (χ2n) is 24.3. The molecule has 1 unspecified atom stereocenters. The summed E-state index contributed by atoms with van der Waals surface area (Å²) in [6.45, 7) is 16.0. The fourth-order valence-electron chi connectivity index (χ4n) is 13.8. The van der Waals surface area contributed by atoms with Gasteiger partial charge in [-0.1, -0.05) is 19.9 Å². The van der Waals surface area contributed by atoms with E-state index in [1.807, 2.05) is 6.20 Å². The number of piperazine rings is 1. The molecule has 0 radical (unpaired) electrons. The molecule has 2 saturated carbocycles. The molecule has 7 aliphatic heterocycles. The number of esters is 1. The summed E-state index contributed by atoms with van der Waals surface area (Å²) in [5.74, 6) is -0.630. The summed E-state index contributed by atoms with van der Waals surface area (Å²) in [6.07, 6.45) is 11.3. The topological polar surface area (TPSA) is 187 Å². The number of anilines is 1. The van der Waals surface area contributed by atoms with Gasteiger partial charge < -0.3 is 47.6 Å². The van der Waals surface area contributed by atoms with Crippen LogP contribution in [0.5, 0.6) is 0 Å². The smallest absolute Gasteiger partial charge is 0.324 e. The summed E-state index contributed by atoms with van der Waals surface area (Å²) in [5, 5.41) is 5.79. The number of carbonyl (C=O) groups excluding carboxylic acids is 3. The fourth-order valence-corrected chi connectivity index (χ4v) is 13.8. The molecule has 414 valence electrons. The number of nitrogens with zero attached hydrogens (tertiary/aromatic N) is 7. The molecule has 13 rings (SSSR count). The quantitative estimate of drug-likeness (QED) is 0.171. The Kier molecular flexibility index (Phi) is 14.0. The number of ether oxygens (including phenoxy) is 6. The number of cyclic esters (lactones) is 1. The second kappa shape index (κ2) is 20.9. The maximum absolute atomic E-state index is 15.3. The van der Waals surface area contributed by atoms with Crippen LogP contribution in [0.2, 0.25) is 0 Å². The zero-order valence-corrected chi connectivity index (χ0v) is 45.3. The summed E-state index contributed by atoms with van der Waals surface area (Å²) in [5.41, 5.74) is 9.87. The number of amides is 2. The first-order chi connectivity index (χ1) is 37.4. The summed E-state index contributed by atoms with van der Waals surface area (Å²) in [7, 11) is 1.74.